The van der Waals surface area contributed by atoms with E-state index >= 15 is 0 Å². The van der Waals surface area contributed by atoms with Crippen LogP contribution in [0.15, 0.2) is 24.3 Å². The first kappa shape index (κ1) is 14.1. The van der Waals surface area contributed by atoms with Crippen molar-refractivity contribution in [3.8, 4) is 0 Å². The van der Waals surface area contributed by atoms with Gasteiger partial charge in [-0.2, -0.15) is 0 Å². The third kappa shape index (κ3) is 3.37. The average Bonchev–Trinajstić information content (AvgIpc) is 2.49. The molecule has 0 aliphatic heterocycles. The molecule has 0 unspecified atom stereocenters. The van der Waals surface area contributed by atoms with Crippen LogP contribution in [0.3, 0.4) is 0 Å². The van der Waals surface area contributed by atoms with E-state index in [1.54, 1.807) is 0 Å². The van der Waals surface area contributed by atoms with Crippen LogP contribution in [0, 0.1) is 5.92 Å². The summed E-state index contributed by atoms with van der Waals surface area (Å²) in [7, 11) is 0. The fraction of sp³-hybridized carbons (Fsp3) is 0.588. The van der Waals surface area contributed by atoms with E-state index in [9.17, 15) is 4.79 Å². The summed E-state index contributed by atoms with van der Waals surface area (Å²) < 4.78 is 0. The Morgan fingerprint density at radius 3 is 2.16 bits per heavy atom. The summed E-state index contributed by atoms with van der Waals surface area (Å²) in [6, 6.07) is 8.18. The summed E-state index contributed by atoms with van der Waals surface area (Å²) in [6.07, 6.45) is 5.89. The van der Waals surface area contributed by atoms with Crippen LogP contribution in [0.2, 0.25) is 0 Å². The number of Topliss-reactive ketones (excluding diaryl/α,β-unsaturated/α-hetero) is 1. The Morgan fingerprint density at radius 2 is 1.63 bits per heavy atom. The molecule has 1 aliphatic rings. The number of carbonyl (C=O) groups excluding carboxylic acids is 1. The van der Waals surface area contributed by atoms with Gasteiger partial charge in [0.15, 0.2) is 5.78 Å². The van der Waals surface area contributed by atoms with Gasteiger partial charge in [-0.1, -0.05) is 19.3 Å². The first-order valence-electron chi connectivity index (χ1n) is 7.65. The highest BCUT2D eigenvalue weighted by Crippen LogP contribution is 2.27. The lowest BCUT2D eigenvalue weighted by Gasteiger charge is -2.22. The van der Waals surface area contributed by atoms with Gasteiger partial charge in [-0.05, 0) is 51.0 Å². The molecule has 0 saturated heterocycles. The molecule has 0 bridgehead atoms. The minimum Gasteiger partial charge on any atom is -0.372 e. The molecule has 1 saturated carbocycles. The maximum Gasteiger partial charge on any atom is 0.165 e. The van der Waals surface area contributed by atoms with Gasteiger partial charge in [0.2, 0.25) is 0 Å². The molecule has 0 radical (unpaired) electrons. The smallest absolute Gasteiger partial charge is 0.165 e. The standard InChI is InChI=1S/C17H25NO/c1-3-18(4-2)16-12-10-15(11-13-16)17(19)14-8-6-5-7-9-14/h10-14H,3-9H2,1-2H3. The lowest BCUT2D eigenvalue weighted by atomic mass is 9.84. The number of rotatable bonds is 5. The lowest BCUT2D eigenvalue weighted by molar-refractivity contribution is 0.0889. The Hall–Kier alpha value is -1.31. The highest BCUT2D eigenvalue weighted by atomic mass is 16.1. The molecule has 19 heavy (non-hydrogen) atoms. The Bertz CT molecular complexity index is 400. The highest BCUT2D eigenvalue weighted by Gasteiger charge is 2.22. The van der Waals surface area contributed by atoms with Crippen LogP contribution in [-0.2, 0) is 0 Å². The molecule has 2 rings (SSSR count). The van der Waals surface area contributed by atoms with Gasteiger partial charge in [0.05, 0.1) is 0 Å². The first-order valence-corrected chi connectivity index (χ1v) is 7.65. The van der Waals surface area contributed by atoms with E-state index in [-0.39, 0.29) is 5.92 Å². The van der Waals surface area contributed by atoms with Crippen LogP contribution in [0.4, 0.5) is 5.69 Å². The molecular formula is C17H25NO. The van der Waals surface area contributed by atoms with E-state index in [1.807, 2.05) is 12.1 Å². The molecule has 0 heterocycles. The summed E-state index contributed by atoms with van der Waals surface area (Å²) in [4.78, 5) is 14.7. The van der Waals surface area contributed by atoms with E-state index in [0.717, 1.165) is 31.5 Å². The highest BCUT2D eigenvalue weighted by molar-refractivity contribution is 5.98. The van der Waals surface area contributed by atoms with Gasteiger partial charge in [0.25, 0.3) is 0 Å². The van der Waals surface area contributed by atoms with Crippen LogP contribution in [-0.4, -0.2) is 18.9 Å². The number of anilines is 1. The largest absolute Gasteiger partial charge is 0.372 e. The van der Waals surface area contributed by atoms with Gasteiger partial charge in [0.1, 0.15) is 0 Å². The van der Waals surface area contributed by atoms with E-state index < -0.39 is 0 Å². The second kappa shape index (κ2) is 6.74. The van der Waals surface area contributed by atoms with Crippen LogP contribution in [0.1, 0.15) is 56.3 Å². The number of hydrogen-bond donors (Lipinski definition) is 0. The number of benzene rings is 1. The number of nitrogens with zero attached hydrogens (tertiary/aromatic N) is 1. The first-order chi connectivity index (χ1) is 9.26. The summed E-state index contributed by atoms with van der Waals surface area (Å²) >= 11 is 0. The SMILES string of the molecule is CCN(CC)c1ccc(C(=O)C2CCCCC2)cc1. The Morgan fingerprint density at radius 1 is 1.05 bits per heavy atom. The fourth-order valence-corrected chi connectivity index (χ4v) is 3.03. The second-order valence-electron chi connectivity index (χ2n) is 5.42. The van der Waals surface area contributed by atoms with Gasteiger partial charge in [-0.15, -0.1) is 0 Å². The van der Waals surface area contributed by atoms with E-state index in [2.05, 4.69) is 30.9 Å². The van der Waals surface area contributed by atoms with Gasteiger partial charge < -0.3 is 4.90 Å². The molecule has 1 aliphatic carbocycles. The van der Waals surface area contributed by atoms with Gasteiger partial charge >= 0.3 is 0 Å². The molecule has 1 aromatic rings. The molecule has 2 heteroatoms. The molecule has 1 fully saturated rings. The number of hydrogen-bond acceptors (Lipinski definition) is 2. The van der Waals surface area contributed by atoms with Crippen molar-refractivity contribution in [3.05, 3.63) is 29.8 Å². The zero-order valence-corrected chi connectivity index (χ0v) is 12.2. The zero-order valence-electron chi connectivity index (χ0n) is 12.2. The van der Waals surface area contributed by atoms with Crippen molar-refractivity contribution < 1.29 is 4.79 Å². The van der Waals surface area contributed by atoms with Crippen molar-refractivity contribution in [1.82, 2.24) is 0 Å². The van der Waals surface area contributed by atoms with Crippen molar-refractivity contribution in [1.29, 1.82) is 0 Å². The molecule has 104 valence electrons. The lowest BCUT2D eigenvalue weighted by Crippen LogP contribution is -2.22. The average molecular weight is 259 g/mol. The van der Waals surface area contributed by atoms with Gasteiger partial charge in [-0.3, -0.25) is 4.79 Å². The summed E-state index contributed by atoms with van der Waals surface area (Å²) in [5, 5.41) is 0. The van der Waals surface area contributed by atoms with E-state index in [1.165, 1.54) is 24.9 Å². The quantitative estimate of drug-likeness (QED) is 0.735. The van der Waals surface area contributed by atoms with Crippen molar-refractivity contribution in [2.24, 2.45) is 5.92 Å². The molecule has 2 nitrogen and oxygen atoms in total. The predicted octanol–water partition coefficient (Wildman–Crippen LogP) is 4.30. The minimum atomic E-state index is 0.271. The second-order valence-corrected chi connectivity index (χ2v) is 5.42. The Kier molecular flexibility index (Phi) is 5.00. The zero-order chi connectivity index (χ0) is 13.7. The molecule has 0 aromatic heterocycles. The van der Waals surface area contributed by atoms with Crippen LogP contribution >= 0.6 is 0 Å². The van der Waals surface area contributed by atoms with E-state index in [0.29, 0.717) is 5.78 Å². The third-order valence-electron chi connectivity index (χ3n) is 4.26. The van der Waals surface area contributed by atoms with Crippen LogP contribution < -0.4 is 4.90 Å². The predicted molar refractivity (Wildman–Crippen MR) is 80.9 cm³/mol. The van der Waals surface area contributed by atoms with Crippen molar-refractivity contribution >= 4 is 11.5 Å². The summed E-state index contributed by atoms with van der Waals surface area (Å²) in [5.74, 6) is 0.624. The third-order valence-corrected chi connectivity index (χ3v) is 4.26. The number of carbonyl (C=O) groups is 1. The molecule has 0 atom stereocenters. The number of ketones is 1. The summed E-state index contributed by atoms with van der Waals surface area (Å²) in [6.45, 7) is 6.33. The van der Waals surface area contributed by atoms with Gasteiger partial charge in [0, 0.05) is 30.3 Å². The maximum atomic E-state index is 12.4. The Balaban J connectivity index is 2.06. The molecule has 1 aromatic carbocycles. The van der Waals surface area contributed by atoms with Crippen LogP contribution in [0.5, 0.6) is 0 Å². The molecule has 0 N–H and O–H groups in total. The monoisotopic (exact) mass is 259 g/mol. The van der Waals surface area contributed by atoms with Crippen molar-refractivity contribution in [3.63, 3.8) is 0 Å². The molecule has 0 spiro atoms. The van der Waals surface area contributed by atoms with Crippen LogP contribution in [0.25, 0.3) is 0 Å². The normalized spacial score (nSPS) is 16.3. The Labute approximate surface area is 116 Å². The molecule has 0 amide bonds. The minimum absolute atomic E-state index is 0.271. The topological polar surface area (TPSA) is 20.3 Å². The van der Waals surface area contributed by atoms with Crippen molar-refractivity contribution in [2.45, 2.75) is 46.0 Å². The van der Waals surface area contributed by atoms with E-state index in [4.69, 9.17) is 0 Å². The molecular weight excluding hydrogens is 234 g/mol. The fourth-order valence-electron chi connectivity index (χ4n) is 3.03. The van der Waals surface area contributed by atoms with Gasteiger partial charge in [-0.25, -0.2) is 0 Å². The van der Waals surface area contributed by atoms with Crippen molar-refractivity contribution in [2.75, 3.05) is 18.0 Å². The summed E-state index contributed by atoms with van der Waals surface area (Å²) in [5.41, 5.74) is 2.10. The maximum absolute atomic E-state index is 12.4.